The van der Waals surface area contributed by atoms with Gasteiger partial charge in [0.15, 0.2) is 0 Å². The molecule has 1 aromatic rings. The van der Waals surface area contributed by atoms with Gasteiger partial charge >= 0.3 is 0 Å². The van der Waals surface area contributed by atoms with Gasteiger partial charge in [-0.3, -0.25) is 4.99 Å². The standard InChI is InChI=1S/C12H15NO.ClH/c1-10-12(14,8-5-9-13-10)11-6-3-2-4-7-11;/h2-4,6-7,14H,5,8-9H2,1H3;1H. The minimum atomic E-state index is -0.820. The van der Waals surface area contributed by atoms with Crippen molar-refractivity contribution >= 4 is 18.1 Å². The Hall–Kier alpha value is -0.860. The van der Waals surface area contributed by atoms with Crippen LogP contribution in [0.5, 0.6) is 0 Å². The molecule has 82 valence electrons. The Morgan fingerprint density at radius 1 is 1.27 bits per heavy atom. The molecule has 0 aliphatic carbocycles. The van der Waals surface area contributed by atoms with E-state index in [0.29, 0.717) is 0 Å². The van der Waals surface area contributed by atoms with Crippen molar-refractivity contribution in [1.82, 2.24) is 0 Å². The van der Waals surface area contributed by atoms with Crippen LogP contribution in [0.2, 0.25) is 0 Å². The Morgan fingerprint density at radius 2 is 1.93 bits per heavy atom. The molecule has 0 radical (unpaired) electrons. The summed E-state index contributed by atoms with van der Waals surface area (Å²) in [5, 5.41) is 10.5. The molecule has 0 saturated heterocycles. The average Bonchev–Trinajstić information content (AvgIpc) is 2.24. The highest BCUT2D eigenvalue weighted by Gasteiger charge is 2.33. The van der Waals surface area contributed by atoms with Crippen LogP contribution in [0.3, 0.4) is 0 Å². The first-order chi connectivity index (χ1) is 6.73. The Morgan fingerprint density at radius 3 is 2.53 bits per heavy atom. The zero-order valence-corrected chi connectivity index (χ0v) is 9.63. The molecule has 1 heterocycles. The van der Waals surface area contributed by atoms with Crippen molar-refractivity contribution in [2.45, 2.75) is 25.4 Å². The van der Waals surface area contributed by atoms with Crippen molar-refractivity contribution in [3.63, 3.8) is 0 Å². The van der Waals surface area contributed by atoms with E-state index in [1.807, 2.05) is 37.3 Å². The zero-order valence-electron chi connectivity index (χ0n) is 8.81. The molecule has 2 rings (SSSR count). The van der Waals surface area contributed by atoms with Gasteiger partial charge < -0.3 is 5.11 Å². The highest BCUT2D eigenvalue weighted by molar-refractivity contribution is 5.91. The summed E-state index contributed by atoms with van der Waals surface area (Å²) >= 11 is 0. The molecule has 1 atom stereocenters. The fourth-order valence-electron chi connectivity index (χ4n) is 1.96. The number of rotatable bonds is 1. The molecule has 1 unspecified atom stereocenters. The average molecular weight is 226 g/mol. The Bertz CT molecular complexity index is 350. The minimum Gasteiger partial charge on any atom is -0.379 e. The monoisotopic (exact) mass is 225 g/mol. The summed E-state index contributed by atoms with van der Waals surface area (Å²) in [6.07, 6.45) is 1.75. The fraction of sp³-hybridized carbons (Fsp3) is 0.417. The first kappa shape index (κ1) is 12.2. The van der Waals surface area contributed by atoms with Gasteiger partial charge in [0.1, 0.15) is 5.60 Å². The Kier molecular flexibility index (Phi) is 3.89. The molecule has 0 fully saturated rings. The summed E-state index contributed by atoms with van der Waals surface area (Å²) in [4.78, 5) is 4.33. The molecule has 1 aliphatic rings. The summed E-state index contributed by atoms with van der Waals surface area (Å²) in [6.45, 7) is 2.76. The molecule has 3 heteroatoms. The highest BCUT2D eigenvalue weighted by Crippen LogP contribution is 2.30. The van der Waals surface area contributed by atoms with Gasteiger partial charge in [-0.1, -0.05) is 30.3 Å². The number of aliphatic hydroxyl groups is 1. The number of hydrogen-bond donors (Lipinski definition) is 1. The smallest absolute Gasteiger partial charge is 0.127 e. The van der Waals surface area contributed by atoms with Gasteiger partial charge in [0.25, 0.3) is 0 Å². The maximum atomic E-state index is 10.5. The molecule has 15 heavy (non-hydrogen) atoms. The summed E-state index contributed by atoms with van der Waals surface area (Å²) in [6, 6.07) is 9.79. The quantitative estimate of drug-likeness (QED) is 0.783. The van der Waals surface area contributed by atoms with E-state index in [-0.39, 0.29) is 12.4 Å². The Balaban J connectivity index is 0.00000112. The molecule has 0 aromatic heterocycles. The van der Waals surface area contributed by atoms with E-state index in [2.05, 4.69) is 4.99 Å². The largest absolute Gasteiger partial charge is 0.379 e. The lowest BCUT2D eigenvalue weighted by atomic mass is 9.83. The number of halogens is 1. The molecular weight excluding hydrogens is 210 g/mol. The van der Waals surface area contributed by atoms with E-state index in [0.717, 1.165) is 30.7 Å². The number of benzene rings is 1. The SMILES string of the molecule is CC1=NCCCC1(O)c1ccccc1.Cl. The highest BCUT2D eigenvalue weighted by atomic mass is 35.5. The maximum absolute atomic E-state index is 10.5. The van der Waals surface area contributed by atoms with Crippen molar-refractivity contribution in [2.24, 2.45) is 4.99 Å². The summed E-state index contributed by atoms with van der Waals surface area (Å²) in [5.41, 5.74) is 0.982. The van der Waals surface area contributed by atoms with Gasteiger partial charge in [0, 0.05) is 12.3 Å². The predicted molar refractivity (Wildman–Crippen MR) is 64.8 cm³/mol. The van der Waals surface area contributed by atoms with Gasteiger partial charge in [0.2, 0.25) is 0 Å². The van der Waals surface area contributed by atoms with Gasteiger partial charge in [-0.15, -0.1) is 12.4 Å². The van der Waals surface area contributed by atoms with Crippen LogP contribution < -0.4 is 0 Å². The third kappa shape index (κ3) is 2.21. The second kappa shape index (κ2) is 4.77. The second-order valence-corrected chi connectivity index (χ2v) is 3.80. The van der Waals surface area contributed by atoms with E-state index in [1.165, 1.54) is 0 Å². The maximum Gasteiger partial charge on any atom is 0.127 e. The van der Waals surface area contributed by atoms with Crippen molar-refractivity contribution in [3.05, 3.63) is 35.9 Å². The topological polar surface area (TPSA) is 32.6 Å². The Labute approximate surface area is 96.5 Å². The number of hydrogen-bond acceptors (Lipinski definition) is 2. The van der Waals surface area contributed by atoms with E-state index in [9.17, 15) is 5.11 Å². The lowest BCUT2D eigenvalue weighted by molar-refractivity contribution is 0.0934. The number of aliphatic imine (C=N–C) groups is 1. The van der Waals surface area contributed by atoms with Gasteiger partial charge in [0.05, 0.1) is 0 Å². The molecule has 0 amide bonds. The van der Waals surface area contributed by atoms with Crippen LogP contribution in [0.4, 0.5) is 0 Å². The van der Waals surface area contributed by atoms with Crippen molar-refractivity contribution < 1.29 is 5.11 Å². The fourth-order valence-corrected chi connectivity index (χ4v) is 1.96. The van der Waals surface area contributed by atoms with Gasteiger partial charge in [-0.2, -0.15) is 0 Å². The van der Waals surface area contributed by atoms with Crippen LogP contribution in [-0.4, -0.2) is 17.4 Å². The molecule has 1 N–H and O–H groups in total. The summed E-state index contributed by atoms with van der Waals surface area (Å²) < 4.78 is 0. The van der Waals surface area contributed by atoms with Crippen LogP contribution in [0.15, 0.2) is 35.3 Å². The molecule has 1 aliphatic heterocycles. The van der Waals surface area contributed by atoms with Crippen molar-refractivity contribution in [3.8, 4) is 0 Å². The molecule has 0 saturated carbocycles. The van der Waals surface area contributed by atoms with E-state index in [4.69, 9.17) is 0 Å². The normalized spacial score (nSPS) is 25.3. The molecule has 2 nitrogen and oxygen atoms in total. The van der Waals surface area contributed by atoms with E-state index in [1.54, 1.807) is 0 Å². The van der Waals surface area contributed by atoms with Crippen molar-refractivity contribution in [2.75, 3.05) is 6.54 Å². The predicted octanol–water partition coefficient (Wildman–Crippen LogP) is 2.55. The first-order valence-electron chi connectivity index (χ1n) is 5.03. The summed E-state index contributed by atoms with van der Waals surface area (Å²) in [7, 11) is 0. The zero-order chi connectivity index (χ0) is 10.0. The molecular formula is C12H16ClNO. The van der Waals surface area contributed by atoms with Crippen LogP contribution >= 0.6 is 12.4 Å². The van der Waals surface area contributed by atoms with Gasteiger partial charge in [-0.05, 0) is 25.3 Å². The third-order valence-corrected chi connectivity index (χ3v) is 2.90. The molecule has 0 spiro atoms. The summed E-state index contributed by atoms with van der Waals surface area (Å²) in [5.74, 6) is 0. The van der Waals surface area contributed by atoms with Crippen LogP contribution in [0.25, 0.3) is 0 Å². The lowest BCUT2D eigenvalue weighted by Gasteiger charge is -2.31. The van der Waals surface area contributed by atoms with Crippen LogP contribution in [0, 0.1) is 0 Å². The molecule has 1 aromatic carbocycles. The minimum absolute atomic E-state index is 0. The third-order valence-electron chi connectivity index (χ3n) is 2.90. The second-order valence-electron chi connectivity index (χ2n) is 3.80. The van der Waals surface area contributed by atoms with E-state index >= 15 is 0 Å². The number of nitrogens with zero attached hydrogens (tertiary/aromatic N) is 1. The first-order valence-corrected chi connectivity index (χ1v) is 5.03. The van der Waals surface area contributed by atoms with Crippen molar-refractivity contribution in [1.29, 1.82) is 0 Å². The lowest BCUT2D eigenvalue weighted by Crippen LogP contribution is -2.36. The molecule has 0 bridgehead atoms. The van der Waals surface area contributed by atoms with Crippen LogP contribution in [0.1, 0.15) is 25.3 Å². The van der Waals surface area contributed by atoms with E-state index < -0.39 is 5.60 Å². The van der Waals surface area contributed by atoms with Gasteiger partial charge in [-0.25, -0.2) is 0 Å². The van der Waals surface area contributed by atoms with Crippen LogP contribution in [-0.2, 0) is 5.60 Å².